The Labute approximate surface area is 54.6 Å². The van der Waals surface area contributed by atoms with Crippen LogP contribution in [0.1, 0.15) is 6.42 Å². The first-order valence-corrected chi connectivity index (χ1v) is 3.97. The fourth-order valence-electron chi connectivity index (χ4n) is 0.398. The highest BCUT2D eigenvalue weighted by Crippen LogP contribution is 2.22. The second kappa shape index (κ2) is 4.82. The molecule has 0 aromatic carbocycles. The van der Waals surface area contributed by atoms with Crippen LogP contribution in [0.15, 0.2) is 0 Å². The molecule has 9 heavy (non-hydrogen) atoms. The zero-order chi connectivity index (χ0) is 7.28. The van der Waals surface area contributed by atoms with Gasteiger partial charge in [-0.2, -0.15) is 0 Å². The van der Waals surface area contributed by atoms with Gasteiger partial charge in [0.2, 0.25) is 0 Å². The van der Waals surface area contributed by atoms with Crippen LogP contribution in [-0.2, 0) is 4.79 Å². The van der Waals surface area contributed by atoms with Gasteiger partial charge in [-0.1, -0.05) is 0 Å². The maximum absolute atomic E-state index is 10.5. The van der Waals surface area contributed by atoms with Crippen LogP contribution >= 0.6 is 8.38 Å². The van der Waals surface area contributed by atoms with Crippen LogP contribution in [0.2, 0.25) is 0 Å². The van der Waals surface area contributed by atoms with Crippen LogP contribution in [-0.4, -0.2) is 28.3 Å². The molecule has 0 amide bonds. The lowest BCUT2D eigenvalue weighted by Crippen LogP contribution is -2.10. The zero-order valence-electron chi connectivity index (χ0n) is 4.95. The number of carbonyl (C=O) groups is 1. The van der Waals surface area contributed by atoms with Gasteiger partial charge in [0, 0.05) is 6.42 Å². The number of nitrogens with two attached hydrogens (primary N) is 1. The molecule has 0 saturated carbocycles. The fraction of sp³-hybridized carbons (Fsp3) is 0.750. The fourth-order valence-corrected chi connectivity index (χ4v) is 0.871. The van der Waals surface area contributed by atoms with Crippen molar-refractivity contribution >= 4 is 14.2 Å². The Morgan fingerprint density at radius 1 is 1.56 bits per heavy atom. The summed E-state index contributed by atoms with van der Waals surface area (Å²) in [5, 5.41) is 0. The van der Waals surface area contributed by atoms with Crippen molar-refractivity contribution in [2.45, 2.75) is 6.42 Å². The molecular formula is C4H10NO3P. The van der Waals surface area contributed by atoms with Crippen molar-refractivity contribution in [1.29, 1.82) is 0 Å². The molecule has 4 nitrogen and oxygen atoms in total. The topological polar surface area (TPSA) is 83.6 Å². The van der Waals surface area contributed by atoms with Gasteiger partial charge in [-0.25, -0.2) is 0 Å². The first kappa shape index (κ1) is 8.98. The quantitative estimate of drug-likeness (QED) is 0.459. The summed E-state index contributed by atoms with van der Waals surface area (Å²) in [5.41, 5.74) is 5.03. The van der Waals surface area contributed by atoms with E-state index < -0.39 is 8.38 Å². The molecule has 5 heteroatoms. The summed E-state index contributed by atoms with van der Waals surface area (Å²) < 4.78 is 0. The van der Waals surface area contributed by atoms with Gasteiger partial charge >= 0.3 is 0 Å². The van der Waals surface area contributed by atoms with Crippen molar-refractivity contribution in [2.24, 2.45) is 5.73 Å². The van der Waals surface area contributed by atoms with Gasteiger partial charge in [0.1, 0.15) is 5.78 Å². The summed E-state index contributed by atoms with van der Waals surface area (Å²) in [6.07, 6.45) is 0.0898. The third-order valence-corrected chi connectivity index (χ3v) is 1.38. The summed E-state index contributed by atoms with van der Waals surface area (Å²) >= 11 is 0. The Morgan fingerprint density at radius 2 is 2.11 bits per heavy atom. The molecule has 0 radical (unpaired) electrons. The molecule has 0 atom stereocenters. The second-order valence-corrected chi connectivity index (χ2v) is 2.67. The van der Waals surface area contributed by atoms with E-state index >= 15 is 0 Å². The minimum atomic E-state index is -2.06. The van der Waals surface area contributed by atoms with E-state index in [9.17, 15) is 4.79 Å². The standard InChI is InChI=1S/C4H10NO3P/c5-2-1-4(6)3-9(7)8/h7-8H,1-3,5H2. The largest absolute Gasteiger partial charge is 0.350 e. The van der Waals surface area contributed by atoms with E-state index in [2.05, 4.69) is 0 Å². The maximum Gasteiger partial charge on any atom is 0.172 e. The van der Waals surface area contributed by atoms with Crippen LogP contribution in [0, 0.1) is 0 Å². The predicted molar refractivity (Wildman–Crippen MR) is 34.9 cm³/mol. The lowest BCUT2D eigenvalue weighted by molar-refractivity contribution is -0.116. The van der Waals surface area contributed by atoms with Gasteiger partial charge in [-0.3, -0.25) is 4.79 Å². The molecule has 0 aliphatic heterocycles. The molecule has 4 N–H and O–H groups in total. The Kier molecular flexibility index (Phi) is 4.81. The van der Waals surface area contributed by atoms with Crippen LogP contribution in [0.25, 0.3) is 0 Å². The Balaban J connectivity index is 3.27. The van der Waals surface area contributed by atoms with Crippen molar-refractivity contribution in [2.75, 3.05) is 12.7 Å². The summed E-state index contributed by atoms with van der Waals surface area (Å²) in [6, 6.07) is 0. The predicted octanol–water partition coefficient (Wildman–Crippen LogP) is -0.799. The molecule has 0 aromatic heterocycles. The van der Waals surface area contributed by atoms with Crippen LogP contribution in [0.5, 0.6) is 0 Å². The van der Waals surface area contributed by atoms with E-state index in [1.807, 2.05) is 0 Å². The first-order chi connectivity index (χ1) is 4.16. The van der Waals surface area contributed by atoms with Gasteiger partial charge in [0.15, 0.2) is 8.38 Å². The number of Topliss-reactive ketones (excluding diaryl/α,β-unsaturated/α-hetero) is 1. The van der Waals surface area contributed by atoms with E-state index in [-0.39, 0.29) is 24.9 Å². The molecule has 0 aliphatic rings. The Morgan fingerprint density at radius 3 is 2.44 bits per heavy atom. The van der Waals surface area contributed by atoms with Crippen LogP contribution in [0.3, 0.4) is 0 Å². The Bertz CT molecular complexity index is 95.8. The van der Waals surface area contributed by atoms with E-state index in [4.69, 9.17) is 15.5 Å². The molecule has 0 aromatic rings. The van der Waals surface area contributed by atoms with Crippen molar-refractivity contribution in [1.82, 2.24) is 0 Å². The monoisotopic (exact) mass is 151 g/mol. The smallest absolute Gasteiger partial charge is 0.172 e. The number of rotatable bonds is 4. The minimum Gasteiger partial charge on any atom is -0.350 e. The van der Waals surface area contributed by atoms with Crippen molar-refractivity contribution in [3.8, 4) is 0 Å². The molecule has 0 rings (SSSR count). The van der Waals surface area contributed by atoms with Gasteiger partial charge in [0.05, 0.1) is 6.16 Å². The van der Waals surface area contributed by atoms with E-state index in [0.717, 1.165) is 0 Å². The molecule has 0 heterocycles. The number of hydrogen-bond acceptors (Lipinski definition) is 4. The molecule has 0 bridgehead atoms. The Hall–Kier alpha value is -0.0200. The summed E-state index contributed by atoms with van der Waals surface area (Å²) in [7, 11) is -2.06. The molecule has 0 saturated heterocycles. The third kappa shape index (κ3) is 5.86. The van der Waals surface area contributed by atoms with Gasteiger partial charge in [-0.15, -0.1) is 0 Å². The summed E-state index contributed by atoms with van der Waals surface area (Å²) in [4.78, 5) is 27.1. The highest BCUT2D eigenvalue weighted by atomic mass is 31.2. The average Bonchev–Trinajstić information content (AvgIpc) is 1.63. The lowest BCUT2D eigenvalue weighted by Gasteiger charge is -1.98. The number of hydrogen-bond donors (Lipinski definition) is 3. The zero-order valence-corrected chi connectivity index (χ0v) is 5.84. The molecule has 0 fully saturated rings. The van der Waals surface area contributed by atoms with E-state index in [0.29, 0.717) is 0 Å². The van der Waals surface area contributed by atoms with Gasteiger partial charge < -0.3 is 15.5 Å². The number of ketones is 1. The third-order valence-electron chi connectivity index (χ3n) is 0.741. The number of carbonyl (C=O) groups excluding carboxylic acids is 1. The minimum absolute atomic E-state index is 0.146. The molecular weight excluding hydrogens is 141 g/mol. The van der Waals surface area contributed by atoms with Crippen LogP contribution in [0.4, 0.5) is 0 Å². The highest BCUT2D eigenvalue weighted by molar-refractivity contribution is 7.46. The average molecular weight is 151 g/mol. The molecule has 0 aliphatic carbocycles. The highest BCUT2D eigenvalue weighted by Gasteiger charge is 2.05. The maximum atomic E-state index is 10.5. The van der Waals surface area contributed by atoms with E-state index in [1.54, 1.807) is 0 Å². The van der Waals surface area contributed by atoms with E-state index in [1.165, 1.54) is 0 Å². The SMILES string of the molecule is NCCC(=O)CP(O)O. The molecule has 0 unspecified atom stereocenters. The van der Waals surface area contributed by atoms with Crippen molar-refractivity contribution in [3.63, 3.8) is 0 Å². The lowest BCUT2D eigenvalue weighted by atomic mass is 10.3. The molecule has 54 valence electrons. The molecule has 0 spiro atoms. The van der Waals surface area contributed by atoms with Crippen molar-refractivity contribution < 1.29 is 14.6 Å². The van der Waals surface area contributed by atoms with Gasteiger partial charge in [0.25, 0.3) is 0 Å². The summed E-state index contributed by atoms with van der Waals surface area (Å²) in [6.45, 7) is 0.280. The summed E-state index contributed by atoms with van der Waals surface area (Å²) in [5.74, 6) is -0.186. The van der Waals surface area contributed by atoms with Gasteiger partial charge in [-0.05, 0) is 6.54 Å². The van der Waals surface area contributed by atoms with Crippen molar-refractivity contribution in [3.05, 3.63) is 0 Å². The normalized spacial score (nSPS) is 10.2. The second-order valence-electron chi connectivity index (χ2n) is 1.61. The first-order valence-electron chi connectivity index (χ1n) is 2.54. The van der Waals surface area contributed by atoms with Crippen LogP contribution < -0.4 is 5.73 Å².